The number of rotatable bonds is 7. The highest BCUT2D eigenvalue weighted by atomic mass is 35.5. The maximum Gasteiger partial charge on any atom is 0.262 e. The third kappa shape index (κ3) is 5.09. The maximum absolute atomic E-state index is 12.2. The summed E-state index contributed by atoms with van der Waals surface area (Å²) in [6, 6.07) is 21.1. The van der Waals surface area contributed by atoms with E-state index < -0.39 is 0 Å². The number of hydrogen-bond donors (Lipinski definition) is 4. The van der Waals surface area contributed by atoms with Crippen molar-refractivity contribution in [1.82, 2.24) is 20.3 Å². The number of aromatic amines is 2. The third-order valence-electron chi connectivity index (χ3n) is 4.97. The van der Waals surface area contributed by atoms with Gasteiger partial charge < -0.3 is 16.0 Å². The Balaban J connectivity index is 0.00000124. The third-order valence-corrected chi connectivity index (χ3v) is 4.97. The molecular weight excluding hydrogens is 398 g/mol. The second-order valence-electron chi connectivity index (χ2n) is 6.83. The minimum absolute atomic E-state index is 0.118. The topological polar surface area (TPSA) is 99.6 Å². The van der Waals surface area contributed by atoms with Gasteiger partial charge in [-0.3, -0.25) is 9.78 Å². The lowest BCUT2D eigenvalue weighted by Crippen LogP contribution is -2.19. The van der Waals surface area contributed by atoms with Crippen LogP contribution in [0, 0.1) is 0 Å². The number of aromatic nitrogens is 3. The van der Waals surface area contributed by atoms with Crippen LogP contribution in [0.25, 0.3) is 11.0 Å². The first kappa shape index (κ1) is 21.6. The molecule has 4 aromatic rings. The number of fused-ring (bicyclic) bond motifs is 1. The molecule has 5 N–H and O–H groups in total. The first-order valence-corrected chi connectivity index (χ1v) is 10.5. The molecule has 0 aliphatic carbocycles. The Labute approximate surface area is 180 Å². The summed E-state index contributed by atoms with van der Waals surface area (Å²) in [4.78, 5) is 21.9. The number of nitrogens with zero attached hydrogens (tertiary/aromatic N) is 1. The van der Waals surface area contributed by atoms with E-state index in [2.05, 4.69) is 80.4 Å². The fraction of sp³-hybridized carbons (Fsp3) is 0.217. The largest absolute Gasteiger partial charge is 0.369 e. The highest BCUT2D eigenvalue weighted by Gasteiger charge is 2.14. The summed E-state index contributed by atoms with van der Waals surface area (Å²) in [7, 11) is 0. The number of nitrogens with two attached hydrogens (primary N) is 1. The number of H-pyrrole nitrogens is 2. The quantitative estimate of drug-likeness (QED) is 0.266. The molecule has 156 valence electrons. The molecule has 0 fully saturated rings. The average molecular weight is 424 g/mol. The van der Waals surface area contributed by atoms with Crippen LogP contribution >= 0.6 is 11.6 Å². The maximum atomic E-state index is 12.2. The van der Waals surface area contributed by atoms with E-state index in [0.29, 0.717) is 23.5 Å². The first-order chi connectivity index (χ1) is 14.7. The van der Waals surface area contributed by atoms with Gasteiger partial charge in [0.05, 0.1) is 5.39 Å². The van der Waals surface area contributed by atoms with Crippen LogP contribution in [0.5, 0.6) is 0 Å². The van der Waals surface area contributed by atoms with Crippen LogP contribution in [0.4, 0.5) is 5.95 Å². The summed E-state index contributed by atoms with van der Waals surface area (Å²) in [6.45, 7) is 1.41. The van der Waals surface area contributed by atoms with E-state index in [9.17, 15) is 4.79 Å². The fourth-order valence-corrected chi connectivity index (χ4v) is 3.63. The lowest BCUT2D eigenvalue weighted by molar-refractivity contribution is 0.613. The zero-order valence-electron chi connectivity index (χ0n) is 16.9. The Morgan fingerprint density at radius 3 is 2.23 bits per heavy atom. The fourth-order valence-electron chi connectivity index (χ4n) is 3.63. The van der Waals surface area contributed by atoms with Crippen molar-refractivity contribution in [1.29, 1.82) is 0 Å². The summed E-state index contributed by atoms with van der Waals surface area (Å²) in [5.74, 6) is 0.440. The molecule has 0 unspecified atom stereocenters. The van der Waals surface area contributed by atoms with Crippen molar-refractivity contribution >= 4 is 28.6 Å². The molecule has 0 aliphatic heterocycles. The van der Waals surface area contributed by atoms with Gasteiger partial charge in [-0.15, -0.1) is 11.6 Å². The summed E-state index contributed by atoms with van der Waals surface area (Å²) in [5, 5.41) is 4.02. The van der Waals surface area contributed by atoms with Crippen LogP contribution in [-0.2, 0) is 6.54 Å². The average Bonchev–Trinajstić information content (AvgIpc) is 3.19. The summed E-state index contributed by atoms with van der Waals surface area (Å²) >= 11 is 4.64. The zero-order chi connectivity index (χ0) is 21.3. The van der Waals surface area contributed by atoms with Gasteiger partial charge in [0.25, 0.3) is 5.56 Å². The predicted octanol–water partition coefficient (Wildman–Crippen LogP) is 4.00. The number of halogens is 1. The van der Waals surface area contributed by atoms with Crippen LogP contribution in [0.2, 0.25) is 0 Å². The SMILES string of the molecule is CCl.Nc1nc2[nH]cc(CNCCC(c3ccccc3)c3ccccc3)c2c(=O)[nH]1. The summed E-state index contributed by atoms with van der Waals surface area (Å²) in [6.07, 6.45) is 4.24. The van der Waals surface area contributed by atoms with Gasteiger partial charge in [0.2, 0.25) is 5.95 Å². The van der Waals surface area contributed by atoms with Gasteiger partial charge >= 0.3 is 0 Å². The van der Waals surface area contributed by atoms with Crippen LogP contribution in [-0.4, -0.2) is 27.9 Å². The van der Waals surface area contributed by atoms with Gasteiger partial charge in [0, 0.05) is 25.0 Å². The lowest BCUT2D eigenvalue weighted by atomic mass is 9.88. The van der Waals surface area contributed by atoms with Crippen LogP contribution in [0.1, 0.15) is 29.0 Å². The molecule has 0 saturated carbocycles. The van der Waals surface area contributed by atoms with Gasteiger partial charge in [-0.2, -0.15) is 4.98 Å². The zero-order valence-corrected chi connectivity index (χ0v) is 17.6. The summed E-state index contributed by atoms with van der Waals surface area (Å²) in [5.41, 5.74) is 9.40. The van der Waals surface area contributed by atoms with Gasteiger partial charge in [-0.1, -0.05) is 60.7 Å². The monoisotopic (exact) mass is 423 g/mol. The number of benzene rings is 2. The van der Waals surface area contributed by atoms with Crippen LogP contribution in [0.3, 0.4) is 0 Å². The second kappa shape index (κ2) is 10.6. The Hall–Kier alpha value is -3.09. The summed E-state index contributed by atoms with van der Waals surface area (Å²) < 4.78 is 0. The molecule has 0 spiro atoms. The Morgan fingerprint density at radius 2 is 1.63 bits per heavy atom. The molecule has 0 amide bonds. The number of alkyl halides is 1. The smallest absolute Gasteiger partial charge is 0.262 e. The van der Waals surface area contributed by atoms with Crippen LogP contribution < -0.4 is 16.6 Å². The first-order valence-electron chi connectivity index (χ1n) is 9.76. The van der Waals surface area contributed by atoms with Crippen molar-refractivity contribution in [2.45, 2.75) is 18.9 Å². The molecule has 7 heteroatoms. The van der Waals surface area contributed by atoms with E-state index >= 15 is 0 Å². The van der Waals surface area contributed by atoms with E-state index in [0.717, 1.165) is 18.5 Å². The molecule has 2 aromatic carbocycles. The number of anilines is 1. The second-order valence-corrected chi connectivity index (χ2v) is 6.83. The Bertz CT molecular complexity index is 1070. The molecule has 2 heterocycles. The van der Waals surface area contributed by atoms with Gasteiger partial charge in [0.15, 0.2) is 0 Å². The molecule has 6 nitrogen and oxygen atoms in total. The molecule has 0 radical (unpaired) electrons. The normalized spacial score (nSPS) is 10.8. The van der Waals surface area contributed by atoms with Crippen molar-refractivity contribution in [2.75, 3.05) is 18.7 Å². The van der Waals surface area contributed by atoms with E-state index in [1.54, 1.807) is 0 Å². The molecule has 0 bridgehead atoms. The van der Waals surface area contributed by atoms with E-state index in [-0.39, 0.29) is 11.5 Å². The molecule has 2 aromatic heterocycles. The number of nitrogens with one attached hydrogen (secondary N) is 3. The van der Waals surface area contributed by atoms with Crippen molar-refractivity contribution in [3.63, 3.8) is 0 Å². The standard InChI is InChI=1S/C22H23N5O.CH3Cl/c23-22-26-20-19(21(28)27-22)17(14-25-20)13-24-12-11-18(15-7-3-1-4-8-15)16-9-5-2-6-10-16;1-2/h1-10,14,18,24H,11-13H2,(H4,23,25,26,27,28);1H3. The molecule has 0 atom stereocenters. The van der Waals surface area contributed by atoms with Gasteiger partial charge in [-0.05, 0) is 29.7 Å². The highest BCUT2D eigenvalue weighted by molar-refractivity contribution is 6.15. The van der Waals surface area contributed by atoms with Crippen molar-refractivity contribution in [3.05, 3.63) is 93.9 Å². The van der Waals surface area contributed by atoms with Gasteiger partial charge in [0.1, 0.15) is 5.65 Å². The molecule has 0 aliphatic rings. The van der Waals surface area contributed by atoms with E-state index in [1.165, 1.54) is 17.5 Å². The molecule has 30 heavy (non-hydrogen) atoms. The van der Waals surface area contributed by atoms with Gasteiger partial charge in [-0.25, -0.2) is 0 Å². The minimum Gasteiger partial charge on any atom is -0.369 e. The number of hydrogen-bond acceptors (Lipinski definition) is 4. The Kier molecular flexibility index (Phi) is 7.65. The highest BCUT2D eigenvalue weighted by Crippen LogP contribution is 2.27. The Morgan fingerprint density at radius 1 is 1.03 bits per heavy atom. The van der Waals surface area contributed by atoms with Crippen LogP contribution in [0.15, 0.2) is 71.7 Å². The van der Waals surface area contributed by atoms with Crippen molar-refractivity contribution < 1.29 is 0 Å². The van der Waals surface area contributed by atoms with E-state index in [1.807, 2.05) is 18.3 Å². The van der Waals surface area contributed by atoms with E-state index in [4.69, 9.17) is 5.73 Å². The molecule has 4 rings (SSSR count). The van der Waals surface area contributed by atoms with Crippen molar-refractivity contribution in [3.8, 4) is 0 Å². The number of nitrogen functional groups attached to an aromatic ring is 1. The lowest BCUT2D eigenvalue weighted by Gasteiger charge is -2.18. The molecular formula is C23H26ClN5O. The predicted molar refractivity (Wildman–Crippen MR) is 124 cm³/mol. The van der Waals surface area contributed by atoms with Crippen molar-refractivity contribution in [2.24, 2.45) is 0 Å². The minimum atomic E-state index is -0.216. The molecule has 0 saturated heterocycles.